The summed E-state index contributed by atoms with van der Waals surface area (Å²) in [5.74, 6) is -3.62. The van der Waals surface area contributed by atoms with Crippen molar-refractivity contribution in [2.24, 2.45) is 0 Å². The number of rotatable bonds is 0. The van der Waals surface area contributed by atoms with Crippen molar-refractivity contribution in [1.29, 1.82) is 0 Å². The van der Waals surface area contributed by atoms with Crippen LogP contribution in [0.3, 0.4) is 0 Å². The summed E-state index contributed by atoms with van der Waals surface area (Å²) in [5, 5.41) is 3.20. The Bertz CT molecular complexity index is 222. The van der Waals surface area contributed by atoms with E-state index < -0.39 is 23.6 Å². The van der Waals surface area contributed by atoms with Crippen LogP contribution in [-0.4, -0.2) is 23.6 Å². The van der Waals surface area contributed by atoms with Crippen LogP contribution in [0.25, 0.3) is 0 Å². The standard InChI is InChI=1S/C4H2N2O4/c7-1-2(8)5-4(10)6-3(1)9/h(H2,5,6,8,9,10)/i1+1. The topological polar surface area (TPSA) is 92.3 Å². The third-order valence-electron chi connectivity index (χ3n) is 0.867. The quantitative estimate of drug-likeness (QED) is 0.300. The van der Waals surface area contributed by atoms with Crippen molar-refractivity contribution in [2.75, 3.05) is 0 Å². The first-order valence-corrected chi connectivity index (χ1v) is 2.32. The number of urea groups is 1. The molecule has 1 rings (SSSR count). The number of imide groups is 2. The first-order chi connectivity index (χ1) is 4.61. The minimum absolute atomic E-state index is 0.963. The summed E-state index contributed by atoms with van der Waals surface area (Å²) < 4.78 is 0. The lowest BCUT2D eigenvalue weighted by Gasteiger charge is -2.07. The Morgan fingerprint density at radius 3 is 1.60 bits per heavy atom. The molecule has 0 bridgehead atoms. The minimum atomic E-state index is -1.25. The molecule has 0 saturated carbocycles. The van der Waals surface area contributed by atoms with E-state index in [1.165, 1.54) is 0 Å². The van der Waals surface area contributed by atoms with E-state index >= 15 is 0 Å². The van der Waals surface area contributed by atoms with Crippen LogP contribution in [0.2, 0.25) is 0 Å². The van der Waals surface area contributed by atoms with Gasteiger partial charge in [0, 0.05) is 0 Å². The van der Waals surface area contributed by atoms with Crippen molar-refractivity contribution in [3.8, 4) is 0 Å². The molecule has 0 aromatic rings. The van der Waals surface area contributed by atoms with E-state index in [9.17, 15) is 19.2 Å². The maximum Gasteiger partial charge on any atom is 0.328 e. The van der Waals surface area contributed by atoms with E-state index in [0.717, 1.165) is 0 Å². The van der Waals surface area contributed by atoms with Crippen molar-refractivity contribution in [3.05, 3.63) is 0 Å². The highest BCUT2D eigenvalue weighted by Crippen LogP contribution is 1.81. The van der Waals surface area contributed by atoms with Gasteiger partial charge in [0.15, 0.2) is 0 Å². The molecular formula is C4H2N2O4. The predicted octanol–water partition coefficient (Wildman–Crippen LogP) is -2.08. The van der Waals surface area contributed by atoms with Gasteiger partial charge in [-0.05, 0) is 0 Å². The Morgan fingerprint density at radius 2 is 1.20 bits per heavy atom. The molecule has 0 aromatic carbocycles. The molecule has 6 nitrogen and oxygen atoms in total. The zero-order valence-corrected chi connectivity index (χ0v) is 4.63. The first kappa shape index (κ1) is 6.40. The minimum Gasteiger partial charge on any atom is -0.277 e. The highest BCUT2D eigenvalue weighted by atomic mass is 16.3. The molecule has 52 valence electrons. The predicted molar refractivity (Wildman–Crippen MR) is 26.7 cm³/mol. The number of barbiturate groups is 1. The normalized spacial score (nSPS) is 18.4. The van der Waals surface area contributed by atoms with Gasteiger partial charge in [-0.15, -0.1) is 0 Å². The second kappa shape index (κ2) is 1.90. The smallest absolute Gasteiger partial charge is 0.277 e. The van der Waals surface area contributed by atoms with E-state index in [4.69, 9.17) is 0 Å². The molecule has 0 aliphatic carbocycles. The number of hydrogen-bond donors (Lipinski definition) is 2. The summed E-state index contributed by atoms with van der Waals surface area (Å²) in [6, 6.07) is -0.963. The van der Waals surface area contributed by atoms with E-state index in [0.29, 0.717) is 0 Å². The molecule has 1 aliphatic heterocycles. The van der Waals surface area contributed by atoms with E-state index in [-0.39, 0.29) is 0 Å². The molecule has 2 N–H and O–H groups in total. The van der Waals surface area contributed by atoms with E-state index in [2.05, 4.69) is 0 Å². The zero-order valence-electron chi connectivity index (χ0n) is 4.63. The molecule has 1 saturated heterocycles. The molecule has 1 fully saturated rings. The van der Waals surface area contributed by atoms with Crippen LogP contribution in [-0.2, 0) is 14.4 Å². The highest BCUT2D eigenvalue weighted by Gasteiger charge is 2.31. The van der Waals surface area contributed by atoms with Crippen LogP contribution in [0, 0.1) is 0 Å². The van der Waals surface area contributed by atoms with Gasteiger partial charge < -0.3 is 0 Å². The van der Waals surface area contributed by atoms with Crippen LogP contribution in [0.1, 0.15) is 0 Å². The van der Waals surface area contributed by atoms with E-state index in [1.807, 2.05) is 0 Å². The van der Waals surface area contributed by atoms with Crippen molar-refractivity contribution >= 4 is 23.6 Å². The van der Waals surface area contributed by atoms with Crippen LogP contribution in [0.5, 0.6) is 0 Å². The molecule has 0 atom stereocenters. The number of nitrogens with one attached hydrogen (secondary N) is 2. The molecule has 10 heavy (non-hydrogen) atoms. The molecule has 6 heteroatoms. The lowest BCUT2D eigenvalue weighted by atomic mass is 10.6. The number of carbonyl (C=O) groups is 4. The van der Waals surface area contributed by atoms with Gasteiger partial charge in [0.2, 0.25) is 0 Å². The number of amides is 4. The molecule has 1 aliphatic rings. The van der Waals surface area contributed by atoms with Crippen LogP contribution < -0.4 is 10.6 Å². The monoisotopic (exact) mass is 143 g/mol. The fourth-order valence-corrected chi connectivity index (χ4v) is 0.454. The molecule has 1 heterocycles. The van der Waals surface area contributed by atoms with Crippen molar-refractivity contribution in [3.63, 3.8) is 0 Å². The average Bonchev–Trinajstić information content (AvgIpc) is 1.82. The lowest BCUT2D eigenvalue weighted by molar-refractivity contribution is -0.146. The van der Waals surface area contributed by atoms with Crippen LogP contribution in [0.4, 0.5) is 4.79 Å². The summed E-state index contributed by atoms with van der Waals surface area (Å²) in [5.41, 5.74) is 0. The SMILES string of the molecule is O=C1NC(=O)[13C](=O)C(=O)N1. The molecule has 0 radical (unpaired) electrons. The Balaban J connectivity index is 2.86. The Kier molecular flexibility index (Phi) is 1.22. The van der Waals surface area contributed by atoms with E-state index in [1.54, 1.807) is 10.6 Å². The van der Waals surface area contributed by atoms with Gasteiger partial charge in [-0.2, -0.15) is 0 Å². The van der Waals surface area contributed by atoms with Gasteiger partial charge in [-0.25, -0.2) is 4.79 Å². The number of carbonyl (C=O) groups excluding carboxylic acids is 4. The Hall–Kier alpha value is -1.72. The van der Waals surface area contributed by atoms with Crippen LogP contribution in [0.15, 0.2) is 0 Å². The largest absolute Gasteiger partial charge is 0.328 e. The molecular weight excluding hydrogens is 141 g/mol. The fourth-order valence-electron chi connectivity index (χ4n) is 0.454. The summed E-state index contributed by atoms with van der Waals surface area (Å²) >= 11 is 0. The van der Waals surface area contributed by atoms with Gasteiger partial charge >= 0.3 is 23.6 Å². The van der Waals surface area contributed by atoms with Crippen molar-refractivity contribution < 1.29 is 19.2 Å². The summed E-state index contributed by atoms with van der Waals surface area (Å²) in [7, 11) is 0. The highest BCUT2D eigenvalue weighted by molar-refractivity contribution is 6.66. The van der Waals surface area contributed by atoms with Crippen molar-refractivity contribution in [2.45, 2.75) is 0 Å². The zero-order chi connectivity index (χ0) is 7.72. The van der Waals surface area contributed by atoms with Gasteiger partial charge in [-0.1, -0.05) is 0 Å². The van der Waals surface area contributed by atoms with Gasteiger partial charge in [0.25, 0.3) is 0 Å². The second-order valence-corrected chi connectivity index (χ2v) is 1.57. The van der Waals surface area contributed by atoms with Gasteiger partial charge in [0.05, 0.1) is 0 Å². The maximum atomic E-state index is 10.3. The first-order valence-electron chi connectivity index (χ1n) is 2.32. The maximum absolute atomic E-state index is 10.3. The summed E-state index contributed by atoms with van der Waals surface area (Å²) in [4.78, 5) is 41.1. The number of ketones is 1. The fraction of sp³-hybridized carbons (Fsp3) is 0. The third-order valence-corrected chi connectivity index (χ3v) is 0.867. The number of Topliss-reactive ketones (excluding diaryl/α,β-unsaturated/α-hetero) is 1. The average molecular weight is 143 g/mol. The molecule has 0 unspecified atom stereocenters. The molecule has 4 amide bonds. The third kappa shape index (κ3) is 0.859. The van der Waals surface area contributed by atoms with Crippen molar-refractivity contribution in [1.82, 2.24) is 10.6 Å². The number of hydrogen-bond acceptors (Lipinski definition) is 4. The Morgan fingerprint density at radius 1 is 0.800 bits per heavy atom. The second-order valence-electron chi connectivity index (χ2n) is 1.57. The summed E-state index contributed by atoms with van der Waals surface area (Å²) in [6.45, 7) is 0. The van der Waals surface area contributed by atoms with Gasteiger partial charge in [-0.3, -0.25) is 25.0 Å². The summed E-state index contributed by atoms with van der Waals surface area (Å²) in [6.07, 6.45) is 0. The van der Waals surface area contributed by atoms with Crippen LogP contribution >= 0.6 is 0 Å². The Labute approximate surface area is 54.6 Å². The van der Waals surface area contributed by atoms with Gasteiger partial charge in [0.1, 0.15) is 0 Å². The molecule has 0 spiro atoms. The lowest BCUT2D eigenvalue weighted by Crippen LogP contribution is -2.56. The molecule has 0 aromatic heterocycles.